The van der Waals surface area contributed by atoms with Crippen molar-refractivity contribution in [2.24, 2.45) is 0 Å². The molecule has 66 valence electrons. The largest absolute Gasteiger partial charge is 0.453 e. The molecule has 0 N–H and O–H groups in total. The van der Waals surface area contributed by atoms with E-state index >= 15 is 0 Å². The lowest BCUT2D eigenvalue weighted by molar-refractivity contribution is 0.110. The van der Waals surface area contributed by atoms with Crippen LogP contribution in [0.3, 0.4) is 0 Å². The molecule has 0 spiro atoms. The summed E-state index contributed by atoms with van der Waals surface area (Å²) in [6.07, 6.45) is 2.73. The lowest BCUT2D eigenvalue weighted by atomic mass is 10.2. The zero-order chi connectivity index (χ0) is 9.26. The number of benzene rings is 1. The number of fused-ring (bicyclic) bond motifs is 1. The molecule has 0 unspecified atom stereocenters. The molecule has 13 heavy (non-hydrogen) atoms. The molecule has 1 aromatic carbocycles. The van der Waals surface area contributed by atoms with Gasteiger partial charge in [-0.2, -0.15) is 0 Å². The zero-order valence-corrected chi connectivity index (χ0v) is 7.93. The Morgan fingerprint density at radius 1 is 1.46 bits per heavy atom. The number of hydrogen-bond donors (Lipinski definition) is 0. The smallest absolute Gasteiger partial charge is 0.185 e. The molecule has 2 aromatic rings. The van der Waals surface area contributed by atoms with Crippen LogP contribution < -0.4 is 0 Å². The molecular weight excluding hydrogens is 184 g/mol. The summed E-state index contributed by atoms with van der Waals surface area (Å²) in [5.74, 6) is 0.386. The van der Waals surface area contributed by atoms with Crippen molar-refractivity contribution in [2.45, 2.75) is 4.90 Å². The summed E-state index contributed by atoms with van der Waals surface area (Å²) < 4.78 is 5.28. The molecule has 0 aliphatic carbocycles. The molecule has 0 aliphatic rings. The lowest BCUT2D eigenvalue weighted by Crippen LogP contribution is -1.69. The van der Waals surface area contributed by atoms with Crippen molar-refractivity contribution in [3.05, 3.63) is 30.0 Å². The molecule has 0 atom stereocenters. The van der Waals surface area contributed by atoms with E-state index in [-0.39, 0.29) is 0 Å². The molecular formula is C10H8O2S. The predicted molar refractivity (Wildman–Crippen MR) is 53.4 cm³/mol. The average Bonchev–Trinajstić information content (AvgIpc) is 2.59. The number of rotatable bonds is 2. The van der Waals surface area contributed by atoms with Crippen LogP contribution in [0.4, 0.5) is 0 Å². The van der Waals surface area contributed by atoms with Gasteiger partial charge < -0.3 is 4.42 Å². The second-order valence-electron chi connectivity index (χ2n) is 2.64. The van der Waals surface area contributed by atoms with Crippen LogP contribution in [0.1, 0.15) is 10.6 Å². The summed E-state index contributed by atoms with van der Waals surface area (Å²) in [6.45, 7) is 0. The third kappa shape index (κ3) is 1.35. The molecule has 0 fully saturated rings. The Bertz CT molecular complexity index is 445. The summed E-state index contributed by atoms with van der Waals surface area (Å²) in [5, 5.41) is 1.01. The zero-order valence-electron chi connectivity index (χ0n) is 7.11. The lowest BCUT2D eigenvalue weighted by Gasteiger charge is -1.94. The number of aldehydes is 1. The fourth-order valence-corrected chi connectivity index (χ4v) is 1.88. The van der Waals surface area contributed by atoms with Crippen LogP contribution in [0.5, 0.6) is 0 Å². The standard InChI is InChI=1S/C10H8O2S/c1-13-10-4-2-3-9-8(10)5-7(6-11)12-9/h2-6H,1H3. The van der Waals surface area contributed by atoms with E-state index in [9.17, 15) is 4.79 Å². The second-order valence-corrected chi connectivity index (χ2v) is 3.49. The average molecular weight is 192 g/mol. The van der Waals surface area contributed by atoms with Crippen molar-refractivity contribution >= 4 is 29.0 Å². The van der Waals surface area contributed by atoms with Gasteiger partial charge in [-0.15, -0.1) is 11.8 Å². The SMILES string of the molecule is CSc1cccc2oc(C=O)cc12. The van der Waals surface area contributed by atoms with Crippen LogP contribution in [0.25, 0.3) is 11.0 Å². The van der Waals surface area contributed by atoms with Crippen LogP contribution in [0.2, 0.25) is 0 Å². The van der Waals surface area contributed by atoms with Gasteiger partial charge in [0, 0.05) is 10.3 Å². The summed E-state index contributed by atoms with van der Waals surface area (Å²) in [6, 6.07) is 7.57. The van der Waals surface area contributed by atoms with Gasteiger partial charge in [-0.3, -0.25) is 4.79 Å². The number of thioether (sulfide) groups is 1. The topological polar surface area (TPSA) is 30.2 Å². The summed E-state index contributed by atoms with van der Waals surface area (Å²) in [5.41, 5.74) is 0.772. The number of hydrogen-bond acceptors (Lipinski definition) is 3. The Morgan fingerprint density at radius 3 is 3.00 bits per heavy atom. The minimum Gasteiger partial charge on any atom is -0.453 e. The maximum atomic E-state index is 10.5. The highest BCUT2D eigenvalue weighted by Crippen LogP contribution is 2.28. The van der Waals surface area contributed by atoms with Crippen molar-refractivity contribution in [1.82, 2.24) is 0 Å². The van der Waals surface area contributed by atoms with E-state index in [1.807, 2.05) is 24.5 Å². The Morgan fingerprint density at radius 2 is 2.31 bits per heavy atom. The Kier molecular flexibility index (Phi) is 2.10. The van der Waals surface area contributed by atoms with Gasteiger partial charge in [0.2, 0.25) is 0 Å². The summed E-state index contributed by atoms with van der Waals surface area (Å²) in [4.78, 5) is 11.6. The first kappa shape index (κ1) is 8.38. The van der Waals surface area contributed by atoms with E-state index in [2.05, 4.69) is 0 Å². The van der Waals surface area contributed by atoms with Crippen molar-refractivity contribution < 1.29 is 9.21 Å². The molecule has 0 bridgehead atoms. The van der Waals surface area contributed by atoms with Gasteiger partial charge in [0.05, 0.1) is 0 Å². The van der Waals surface area contributed by atoms with Crippen molar-refractivity contribution in [1.29, 1.82) is 0 Å². The molecule has 1 aromatic heterocycles. The molecule has 2 nitrogen and oxygen atoms in total. The van der Waals surface area contributed by atoms with E-state index in [0.29, 0.717) is 5.76 Å². The van der Waals surface area contributed by atoms with E-state index in [0.717, 1.165) is 22.2 Å². The van der Waals surface area contributed by atoms with Gasteiger partial charge in [-0.1, -0.05) is 6.07 Å². The van der Waals surface area contributed by atoms with Crippen molar-refractivity contribution in [3.8, 4) is 0 Å². The normalized spacial score (nSPS) is 10.5. The van der Waals surface area contributed by atoms with Gasteiger partial charge in [-0.25, -0.2) is 0 Å². The molecule has 1 heterocycles. The van der Waals surface area contributed by atoms with Gasteiger partial charge in [0.15, 0.2) is 12.0 Å². The second kappa shape index (κ2) is 3.26. The third-order valence-electron chi connectivity index (χ3n) is 1.88. The highest BCUT2D eigenvalue weighted by Gasteiger charge is 2.05. The van der Waals surface area contributed by atoms with Gasteiger partial charge in [-0.05, 0) is 24.5 Å². The Hall–Kier alpha value is -1.22. The van der Waals surface area contributed by atoms with Gasteiger partial charge in [0.1, 0.15) is 5.58 Å². The summed E-state index contributed by atoms with van der Waals surface area (Å²) in [7, 11) is 0. The van der Waals surface area contributed by atoms with E-state index in [1.165, 1.54) is 0 Å². The molecule has 0 aliphatic heterocycles. The molecule has 0 radical (unpaired) electrons. The third-order valence-corrected chi connectivity index (χ3v) is 2.67. The van der Waals surface area contributed by atoms with Crippen LogP contribution in [0.15, 0.2) is 33.6 Å². The minimum absolute atomic E-state index is 0.386. The van der Waals surface area contributed by atoms with Crippen LogP contribution >= 0.6 is 11.8 Å². The quantitative estimate of drug-likeness (QED) is 0.541. The Labute approximate surface area is 79.9 Å². The molecule has 2 rings (SSSR count). The molecule has 0 saturated carbocycles. The van der Waals surface area contributed by atoms with Gasteiger partial charge in [0.25, 0.3) is 0 Å². The maximum absolute atomic E-state index is 10.5. The van der Waals surface area contributed by atoms with Gasteiger partial charge >= 0.3 is 0 Å². The monoisotopic (exact) mass is 192 g/mol. The first-order valence-electron chi connectivity index (χ1n) is 3.87. The number of carbonyl (C=O) groups is 1. The van der Waals surface area contributed by atoms with E-state index in [4.69, 9.17) is 4.42 Å². The number of carbonyl (C=O) groups excluding carboxylic acids is 1. The highest BCUT2D eigenvalue weighted by molar-refractivity contribution is 7.98. The maximum Gasteiger partial charge on any atom is 0.185 e. The van der Waals surface area contributed by atoms with Crippen molar-refractivity contribution in [3.63, 3.8) is 0 Å². The van der Waals surface area contributed by atoms with E-state index < -0.39 is 0 Å². The first-order chi connectivity index (χ1) is 6.35. The molecule has 0 saturated heterocycles. The molecule has 0 amide bonds. The Balaban J connectivity index is 2.74. The minimum atomic E-state index is 0.386. The molecule has 3 heteroatoms. The first-order valence-corrected chi connectivity index (χ1v) is 5.09. The predicted octanol–water partition coefficient (Wildman–Crippen LogP) is 2.97. The van der Waals surface area contributed by atoms with Crippen LogP contribution in [0, 0.1) is 0 Å². The van der Waals surface area contributed by atoms with Crippen molar-refractivity contribution in [2.75, 3.05) is 6.26 Å². The summed E-state index contributed by atoms with van der Waals surface area (Å²) >= 11 is 1.65. The fraction of sp³-hybridized carbons (Fsp3) is 0.100. The van der Waals surface area contributed by atoms with Crippen LogP contribution in [-0.2, 0) is 0 Å². The van der Waals surface area contributed by atoms with E-state index in [1.54, 1.807) is 17.8 Å². The number of furan rings is 1. The fourth-order valence-electron chi connectivity index (χ4n) is 1.29. The van der Waals surface area contributed by atoms with Crippen LogP contribution in [-0.4, -0.2) is 12.5 Å². The highest BCUT2D eigenvalue weighted by atomic mass is 32.2.